The van der Waals surface area contributed by atoms with Crippen molar-refractivity contribution in [1.82, 2.24) is 34.7 Å². The second-order valence-corrected chi connectivity index (χ2v) is 7.32. The summed E-state index contributed by atoms with van der Waals surface area (Å²) in [6.45, 7) is 9.55. The Balaban J connectivity index is 1.35. The molecule has 0 aromatic carbocycles. The first kappa shape index (κ1) is 18.2. The molecule has 1 aliphatic heterocycles. The van der Waals surface area contributed by atoms with E-state index in [0.29, 0.717) is 5.95 Å². The van der Waals surface area contributed by atoms with E-state index in [9.17, 15) is 0 Å². The number of pyridine rings is 1. The lowest BCUT2D eigenvalue weighted by Crippen LogP contribution is -2.46. The first-order valence-corrected chi connectivity index (χ1v) is 9.91. The Hall–Kier alpha value is -3.88. The van der Waals surface area contributed by atoms with Crippen molar-refractivity contribution in [3.63, 3.8) is 0 Å². The molecular formula is C21H23N9. The van der Waals surface area contributed by atoms with Crippen molar-refractivity contribution in [2.75, 3.05) is 36.4 Å². The molecule has 1 saturated heterocycles. The van der Waals surface area contributed by atoms with Gasteiger partial charge in [0.15, 0.2) is 11.6 Å². The van der Waals surface area contributed by atoms with Gasteiger partial charge in [-0.3, -0.25) is 10.1 Å². The van der Waals surface area contributed by atoms with Crippen molar-refractivity contribution in [2.45, 2.75) is 6.92 Å². The lowest BCUT2D eigenvalue weighted by Gasteiger charge is -2.37. The van der Waals surface area contributed by atoms with Crippen LogP contribution in [0.3, 0.4) is 0 Å². The molecule has 152 valence electrons. The van der Waals surface area contributed by atoms with E-state index in [2.05, 4.69) is 36.9 Å². The fourth-order valence-corrected chi connectivity index (χ4v) is 3.64. The fraction of sp³-hybridized carbons (Fsp3) is 0.238. The zero-order valence-corrected chi connectivity index (χ0v) is 16.8. The highest BCUT2D eigenvalue weighted by Crippen LogP contribution is 2.24. The number of aryl methyl sites for hydroxylation is 1. The van der Waals surface area contributed by atoms with Gasteiger partial charge in [-0.1, -0.05) is 6.58 Å². The molecule has 0 radical (unpaired) electrons. The number of aromatic amines is 1. The SMILES string of the molecule is C=C(c1cccnc1)N1CCN(c2nc(Nc3cc(C)[nH]n3)c3cccn3n2)CC1. The molecule has 5 rings (SSSR count). The molecule has 0 atom stereocenters. The van der Waals surface area contributed by atoms with E-state index in [4.69, 9.17) is 10.1 Å². The number of hydrogen-bond acceptors (Lipinski definition) is 7. The summed E-state index contributed by atoms with van der Waals surface area (Å²) < 4.78 is 1.85. The highest BCUT2D eigenvalue weighted by atomic mass is 15.4. The number of nitrogens with one attached hydrogen (secondary N) is 2. The molecule has 0 bridgehead atoms. The normalized spacial score (nSPS) is 14.3. The second kappa shape index (κ2) is 7.51. The summed E-state index contributed by atoms with van der Waals surface area (Å²) in [6, 6.07) is 9.88. The summed E-state index contributed by atoms with van der Waals surface area (Å²) in [5, 5.41) is 15.2. The van der Waals surface area contributed by atoms with E-state index >= 15 is 0 Å². The predicted molar refractivity (Wildman–Crippen MR) is 117 cm³/mol. The van der Waals surface area contributed by atoms with Crippen molar-refractivity contribution in [2.24, 2.45) is 0 Å². The van der Waals surface area contributed by atoms with E-state index in [1.54, 1.807) is 6.20 Å². The highest BCUT2D eigenvalue weighted by Gasteiger charge is 2.22. The van der Waals surface area contributed by atoms with Crippen LogP contribution in [0.1, 0.15) is 11.3 Å². The van der Waals surface area contributed by atoms with Crippen LogP contribution in [0.5, 0.6) is 0 Å². The van der Waals surface area contributed by atoms with Crippen molar-refractivity contribution in [3.8, 4) is 0 Å². The number of piperazine rings is 1. The van der Waals surface area contributed by atoms with Crippen LogP contribution >= 0.6 is 0 Å². The highest BCUT2D eigenvalue weighted by molar-refractivity contribution is 5.73. The molecule has 1 fully saturated rings. The van der Waals surface area contributed by atoms with Crippen molar-refractivity contribution >= 4 is 28.8 Å². The Morgan fingerprint density at radius 1 is 1.17 bits per heavy atom. The molecule has 0 saturated carbocycles. The standard InChI is InChI=1S/C21H23N9/c1-15-13-19(26-25-15)23-20-18-6-4-8-30(18)27-21(24-20)29-11-9-28(10-12-29)16(2)17-5-3-7-22-14-17/h3-8,13-14H,2,9-12H2,1H3,(H2,23,24,25,26,27). The maximum Gasteiger partial charge on any atom is 0.245 e. The van der Waals surface area contributed by atoms with E-state index in [1.165, 1.54) is 0 Å². The third kappa shape index (κ3) is 3.45. The Morgan fingerprint density at radius 3 is 2.77 bits per heavy atom. The minimum Gasteiger partial charge on any atom is -0.368 e. The van der Waals surface area contributed by atoms with Gasteiger partial charge < -0.3 is 15.1 Å². The molecule has 1 aliphatic rings. The Kier molecular flexibility index (Phi) is 4.55. The molecule has 2 N–H and O–H groups in total. The van der Waals surface area contributed by atoms with E-state index in [1.807, 2.05) is 54.2 Å². The van der Waals surface area contributed by atoms with Gasteiger partial charge in [0.2, 0.25) is 5.95 Å². The van der Waals surface area contributed by atoms with Crippen molar-refractivity contribution in [3.05, 3.63) is 66.8 Å². The maximum absolute atomic E-state index is 4.81. The molecule has 4 aromatic rings. The minimum absolute atomic E-state index is 0.695. The molecule has 0 unspecified atom stereocenters. The second-order valence-electron chi connectivity index (χ2n) is 7.32. The van der Waals surface area contributed by atoms with Gasteiger partial charge in [0, 0.05) is 67.8 Å². The van der Waals surface area contributed by atoms with Gasteiger partial charge in [0.05, 0.1) is 0 Å². The summed E-state index contributed by atoms with van der Waals surface area (Å²) in [4.78, 5) is 13.5. The molecule has 9 heteroatoms. The smallest absolute Gasteiger partial charge is 0.245 e. The van der Waals surface area contributed by atoms with Crippen molar-refractivity contribution in [1.29, 1.82) is 0 Å². The zero-order chi connectivity index (χ0) is 20.5. The molecule has 0 spiro atoms. The third-order valence-electron chi connectivity index (χ3n) is 5.27. The van der Waals surface area contributed by atoms with E-state index < -0.39 is 0 Å². The van der Waals surface area contributed by atoms with Crippen LogP contribution in [-0.2, 0) is 0 Å². The van der Waals surface area contributed by atoms with Gasteiger partial charge in [-0.05, 0) is 31.2 Å². The van der Waals surface area contributed by atoms with E-state index in [-0.39, 0.29) is 0 Å². The number of rotatable bonds is 5. The topological polar surface area (TPSA) is 90.3 Å². The van der Waals surface area contributed by atoms with Crippen LogP contribution in [0.2, 0.25) is 0 Å². The number of fused-ring (bicyclic) bond motifs is 1. The van der Waals surface area contributed by atoms with Gasteiger partial charge in [0.1, 0.15) is 5.52 Å². The number of H-pyrrole nitrogens is 1. The van der Waals surface area contributed by atoms with Gasteiger partial charge in [-0.15, -0.1) is 5.10 Å². The Bertz CT molecular complexity index is 1170. The van der Waals surface area contributed by atoms with Crippen LogP contribution in [0.25, 0.3) is 11.2 Å². The molecule has 4 aromatic heterocycles. The summed E-state index contributed by atoms with van der Waals surface area (Å²) in [5.41, 5.74) is 3.95. The van der Waals surface area contributed by atoms with Crippen molar-refractivity contribution < 1.29 is 0 Å². The van der Waals surface area contributed by atoms with Crippen LogP contribution in [0, 0.1) is 6.92 Å². The lowest BCUT2D eigenvalue weighted by atomic mass is 10.2. The quantitative estimate of drug-likeness (QED) is 0.531. The van der Waals surface area contributed by atoms with Gasteiger partial charge >= 0.3 is 0 Å². The third-order valence-corrected chi connectivity index (χ3v) is 5.27. The first-order chi connectivity index (χ1) is 14.7. The van der Waals surface area contributed by atoms with E-state index in [0.717, 1.165) is 60.3 Å². The number of aromatic nitrogens is 6. The molecule has 0 amide bonds. The number of hydrogen-bond donors (Lipinski definition) is 2. The number of anilines is 3. The van der Waals surface area contributed by atoms with Crippen LogP contribution in [-0.4, -0.2) is 60.9 Å². The lowest BCUT2D eigenvalue weighted by molar-refractivity contribution is 0.365. The molecular weight excluding hydrogens is 378 g/mol. The first-order valence-electron chi connectivity index (χ1n) is 9.91. The van der Waals surface area contributed by atoms with Crippen LogP contribution < -0.4 is 10.2 Å². The van der Waals surface area contributed by atoms with Crippen LogP contribution in [0.15, 0.2) is 55.5 Å². The van der Waals surface area contributed by atoms with Gasteiger partial charge in [-0.25, -0.2) is 4.52 Å². The molecule has 30 heavy (non-hydrogen) atoms. The zero-order valence-electron chi connectivity index (χ0n) is 16.8. The van der Waals surface area contributed by atoms with Gasteiger partial charge in [0.25, 0.3) is 0 Å². The Morgan fingerprint density at radius 2 is 2.03 bits per heavy atom. The Labute approximate surface area is 174 Å². The average molecular weight is 401 g/mol. The maximum atomic E-state index is 4.81. The summed E-state index contributed by atoms with van der Waals surface area (Å²) in [5.74, 6) is 2.16. The monoisotopic (exact) mass is 401 g/mol. The minimum atomic E-state index is 0.695. The number of nitrogens with zero attached hydrogens (tertiary/aromatic N) is 7. The van der Waals surface area contributed by atoms with Gasteiger partial charge in [-0.2, -0.15) is 10.1 Å². The predicted octanol–water partition coefficient (Wildman–Crippen LogP) is 2.69. The summed E-state index contributed by atoms with van der Waals surface area (Å²) >= 11 is 0. The summed E-state index contributed by atoms with van der Waals surface area (Å²) in [6.07, 6.45) is 5.56. The molecule has 5 heterocycles. The average Bonchev–Trinajstić information content (AvgIpc) is 3.43. The largest absolute Gasteiger partial charge is 0.368 e. The summed E-state index contributed by atoms with van der Waals surface area (Å²) in [7, 11) is 0. The van der Waals surface area contributed by atoms with Crippen LogP contribution in [0.4, 0.5) is 17.6 Å². The fourth-order valence-electron chi connectivity index (χ4n) is 3.64. The molecule has 0 aliphatic carbocycles. The molecule has 9 nitrogen and oxygen atoms in total.